The van der Waals surface area contributed by atoms with Crippen LogP contribution in [0.4, 0.5) is 0 Å². The molecular formula is C7H14B2O6. The summed E-state index contributed by atoms with van der Waals surface area (Å²) in [4.78, 5) is 23.1. The van der Waals surface area contributed by atoms with E-state index in [0.717, 1.165) is 0 Å². The average molecular weight is 216 g/mol. The van der Waals surface area contributed by atoms with Crippen molar-refractivity contribution in [3.8, 4) is 0 Å². The van der Waals surface area contributed by atoms with E-state index in [-0.39, 0.29) is 13.2 Å². The summed E-state index contributed by atoms with van der Waals surface area (Å²) >= 11 is 0. The maximum Gasteiger partial charge on any atom is 0.327 e. The molecule has 0 aliphatic heterocycles. The Morgan fingerprint density at radius 1 is 1.00 bits per heavy atom. The van der Waals surface area contributed by atoms with Gasteiger partial charge in [0, 0.05) is 0 Å². The van der Waals surface area contributed by atoms with E-state index in [1.165, 1.54) is 30.3 Å². The van der Waals surface area contributed by atoms with E-state index < -0.39 is 17.4 Å². The van der Waals surface area contributed by atoms with Gasteiger partial charge in [0.2, 0.25) is 5.41 Å². The van der Waals surface area contributed by atoms with Gasteiger partial charge in [0.25, 0.3) is 16.1 Å². The molecular weight excluding hydrogens is 202 g/mol. The minimum absolute atomic E-state index is 0.153. The summed E-state index contributed by atoms with van der Waals surface area (Å²) in [5, 5.41) is 0. The summed E-state index contributed by atoms with van der Waals surface area (Å²) < 4.78 is 18.7. The largest absolute Gasteiger partial charge is 0.468 e. The highest BCUT2D eigenvalue weighted by Gasteiger charge is 2.48. The lowest BCUT2D eigenvalue weighted by atomic mass is 9.89. The van der Waals surface area contributed by atoms with Crippen LogP contribution < -0.4 is 0 Å². The second-order valence-corrected chi connectivity index (χ2v) is 2.93. The van der Waals surface area contributed by atoms with Crippen molar-refractivity contribution in [3.05, 3.63) is 0 Å². The first-order valence-electron chi connectivity index (χ1n) is 4.23. The van der Waals surface area contributed by atoms with E-state index in [1.54, 1.807) is 0 Å². The molecule has 0 rings (SSSR count). The SMILES string of the molecule is BOCC(COB)(C(=O)OC)C(=O)OC. The van der Waals surface area contributed by atoms with Gasteiger partial charge in [0.05, 0.1) is 27.4 Å². The highest BCUT2D eigenvalue weighted by molar-refractivity contribution is 6.03. The van der Waals surface area contributed by atoms with Gasteiger partial charge in [-0.25, -0.2) is 0 Å². The van der Waals surface area contributed by atoms with E-state index in [2.05, 4.69) is 9.47 Å². The molecule has 15 heavy (non-hydrogen) atoms. The molecule has 0 aromatic rings. The molecule has 0 atom stereocenters. The molecule has 0 amide bonds. The molecule has 0 heterocycles. The maximum absolute atomic E-state index is 11.5. The predicted octanol–water partition coefficient (Wildman–Crippen LogP) is -2.55. The number of hydrogen-bond donors (Lipinski definition) is 0. The monoisotopic (exact) mass is 216 g/mol. The lowest BCUT2D eigenvalue weighted by molar-refractivity contribution is -0.174. The van der Waals surface area contributed by atoms with Crippen LogP contribution in [0.5, 0.6) is 0 Å². The zero-order valence-corrected chi connectivity index (χ0v) is 9.36. The van der Waals surface area contributed by atoms with Crippen LogP contribution >= 0.6 is 0 Å². The molecule has 0 fully saturated rings. The fourth-order valence-corrected chi connectivity index (χ4v) is 1.24. The second-order valence-electron chi connectivity index (χ2n) is 2.93. The van der Waals surface area contributed by atoms with Gasteiger partial charge in [-0.1, -0.05) is 0 Å². The average Bonchev–Trinajstić information content (AvgIpc) is 2.26. The molecule has 0 aliphatic rings. The number of methoxy groups -OCH3 is 2. The Bertz CT molecular complexity index is 208. The van der Waals surface area contributed by atoms with E-state index in [4.69, 9.17) is 9.31 Å². The van der Waals surface area contributed by atoms with Gasteiger partial charge in [-0.3, -0.25) is 9.59 Å². The van der Waals surface area contributed by atoms with Gasteiger partial charge >= 0.3 is 11.9 Å². The van der Waals surface area contributed by atoms with Crippen molar-refractivity contribution in [1.29, 1.82) is 0 Å². The third-order valence-corrected chi connectivity index (χ3v) is 1.93. The number of carbonyl (C=O) groups is 2. The molecule has 0 aliphatic carbocycles. The van der Waals surface area contributed by atoms with E-state index in [9.17, 15) is 9.59 Å². The maximum atomic E-state index is 11.5. The molecule has 6 nitrogen and oxygen atoms in total. The molecule has 0 aromatic carbocycles. The van der Waals surface area contributed by atoms with Crippen LogP contribution in [-0.2, 0) is 28.4 Å². The summed E-state index contributed by atoms with van der Waals surface area (Å²) in [6.45, 7) is -0.305. The Balaban J connectivity index is 5.05. The predicted molar refractivity (Wildman–Crippen MR) is 55.5 cm³/mol. The first-order valence-corrected chi connectivity index (χ1v) is 4.23. The van der Waals surface area contributed by atoms with Crippen LogP contribution in [0.15, 0.2) is 0 Å². The third kappa shape index (κ3) is 2.97. The summed E-state index contributed by atoms with van der Waals surface area (Å²) in [5.74, 6) is -1.48. The third-order valence-electron chi connectivity index (χ3n) is 1.93. The quantitative estimate of drug-likeness (QED) is 0.276. The van der Waals surface area contributed by atoms with Crippen molar-refractivity contribution in [2.45, 2.75) is 0 Å². The molecule has 84 valence electrons. The van der Waals surface area contributed by atoms with Crippen LogP contribution in [0.25, 0.3) is 0 Å². The Labute approximate surface area is 90.1 Å². The molecule has 0 bridgehead atoms. The van der Waals surface area contributed by atoms with E-state index in [0.29, 0.717) is 0 Å². The summed E-state index contributed by atoms with van der Waals surface area (Å²) in [5.41, 5.74) is -1.55. The molecule has 0 saturated heterocycles. The number of hydrogen-bond acceptors (Lipinski definition) is 6. The molecule has 0 radical (unpaired) electrons. The smallest absolute Gasteiger partial charge is 0.327 e. The summed E-state index contributed by atoms with van der Waals surface area (Å²) in [7, 11) is 5.11. The fraction of sp³-hybridized carbons (Fsp3) is 0.714. The number of carbonyl (C=O) groups excluding carboxylic acids is 2. The lowest BCUT2D eigenvalue weighted by Crippen LogP contribution is -2.48. The summed E-state index contributed by atoms with van der Waals surface area (Å²) in [6, 6.07) is 0. The molecule has 0 aromatic heterocycles. The zero-order valence-electron chi connectivity index (χ0n) is 9.36. The van der Waals surface area contributed by atoms with Crippen molar-refractivity contribution < 1.29 is 28.4 Å². The van der Waals surface area contributed by atoms with E-state index >= 15 is 0 Å². The number of esters is 2. The minimum atomic E-state index is -1.55. The molecule has 0 spiro atoms. The van der Waals surface area contributed by atoms with Gasteiger partial charge in [0.15, 0.2) is 0 Å². The molecule has 8 heteroatoms. The van der Waals surface area contributed by atoms with Gasteiger partial charge in [0.1, 0.15) is 0 Å². The zero-order chi connectivity index (χ0) is 11.9. The Hall–Kier alpha value is -1.01. The van der Waals surface area contributed by atoms with Crippen LogP contribution in [0.3, 0.4) is 0 Å². The van der Waals surface area contributed by atoms with Crippen molar-refractivity contribution in [3.63, 3.8) is 0 Å². The normalized spacial score (nSPS) is 10.8. The molecule has 0 unspecified atom stereocenters. The summed E-state index contributed by atoms with van der Waals surface area (Å²) in [6.07, 6.45) is 0. The van der Waals surface area contributed by atoms with Crippen LogP contribution in [0, 0.1) is 5.41 Å². The van der Waals surface area contributed by atoms with Crippen molar-refractivity contribution >= 4 is 28.0 Å². The van der Waals surface area contributed by atoms with Crippen molar-refractivity contribution in [2.75, 3.05) is 27.4 Å². The van der Waals surface area contributed by atoms with Crippen molar-refractivity contribution in [2.24, 2.45) is 5.41 Å². The van der Waals surface area contributed by atoms with Gasteiger partial charge < -0.3 is 18.8 Å². The number of ether oxygens (including phenoxy) is 2. The highest BCUT2D eigenvalue weighted by atomic mass is 16.6. The van der Waals surface area contributed by atoms with Gasteiger partial charge in [-0.2, -0.15) is 0 Å². The first-order chi connectivity index (χ1) is 7.08. The highest BCUT2D eigenvalue weighted by Crippen LogP contribution is 2.22. The first kappa shape index (κ1) is 14.0. The van der Waals surface area contributed by atoms with Crippen LogP contribution in [-0.4, -0.2) is 55.5 Å². The second kappa shape index (κ2) is 6.47. The van der Waals surface area contributed by atoms with E-state index in [1.807, 2.05) is 0 Å². The van der Waals surface area contributed by atoms with Gasteiger partial charge in [-0.15, -0.1) is 0 Å². The fourth-order valence-electron chi connectivity index (χ4n) is 1.24. The van der Waals surface area contributed by atoms with Crippen LogP contribution in [0.1, 0.15) is 0 Å². The van der Waals surface area contributed by atoms with Crippen LogP contribution in [0.2, 0.25) is 0 Å². The Morgan fingerprint density at radius 3 is 1.53 bits per heavy atom. The standard InChI is InChI=1S/C7H14B2O6/c1-12-5(10)7(3-14-8,4-15-9)6(11)13-2/h3-4,8-9H2,1-2H3. The van der Waals surface area contributed by atoms with Crippen molar-refractivity contribution in [1.82, 2.24) is 0 Å². The number of rotatable bonds is 6. The Kier molecular flexibility index (Phi) is 6.03. The minimum Gasteiger partial charge on any atom is -0.468 e. The Morgan fingerprint density at radius 2 is 1.33 bits per heavy atom. The lowest BCUT2D eigenvalue weighted by Gasteiger charge is -2.26. The molecule has 0 N–H and O–H groups in total. The molecule has 0 saturated carbocycles. The van der Waals surface area contributed by atoms with Gasteiger partial charge in [-0.05, 0) is 0 Å². The topological polar surface area (TPSA) is 71.1 Å².